The van der Waals surface area contributed by atoms with Crippen LogP contribution in [0.5, 0.6) is 0 Å². The van der Waals surface area contributed by atoms with Gasteiger partial charge in [0, 0.05) is 23.5 Å². The number of benzene rings is 2. The summed E-state index contributed by atoms with van der Waals surface area (Å²) < 4.78 is 0. The molecule has 4 rings (SSSR count). The first kappa shape index (κ1) is 19.6. The van der Waals surface area contributed by atoms with E-state index in [0.29, 0.717) is 5.56 Å². The van der Waals surface area contributed by atoms with Gasteiger partial charge < -0.3 is 10.6 Å². The van der Waals surface area contributed by atoms with E-state index < -0.39 is 0 Å². The fourth-order valence-corrected chi connectivity index (χ4v) is 3.25. The molecular weight excluding hydrogens is 372 g/mol. The number of carbonyl (C=O) groups excluding carboxylic acids is 1. The summed E-state index contributed by atoms with van der Waals surface area (Å²) in [6.07, 6.45) is 5.02. The first-order valence-electron chi connectivity index (χ1n) is 9.88. The SMILES string of the molecule is CC(C)(C)c1ccc(NC(=O)c2cncc(Nc3cccc4cccnc34)c2)cc1. The zero-order valence-corrected chi connectivity index (χ0v) is 17.3. The van der Waals surface area contributed by atoms with Crippen LogP contribution < -0.4 is 10.6 Å². The van der Waals surface area contributed by atoms with Crippen molar-refractivity contribution in [3.63, 3.8) is 0 Å². The van der Waals surface area contributed by atoms with E-state index in [1.165, 1.54) is 5.56 Å². The van der Waals surface area contributed by atoms with Crippen molar-refractivity contribution in [3.05, 3.63) is 90.4 Å². The van der Waals surface area contributed by atoms with Gasteiger partial charge in [0.1, 0.15) is 0 Å². The molecule has 0 aliphatic carbocycles. The van der Waals surface area contributed by atoms with E-state index in [-0.39, 0.29) is 11.3 Å². The van der Waals surface area contributed by atoms with E-state index in [1.807, 2.05) is 54.6 Å². The lowest BCUT2D eigenvalue weighted by Crippen LogP contribution is -2.14. The van der Waals surface area contributed by atoms with Crippen molar-refractivity contribution in [2.45, 2.75) is 26.2 Å². The van der Waals surface area contributed by atoms with Crippen LogP contribution in [-0.2, 0) is 5.41 Å². The molecule has 150 valence electrons. The van der Waals surface area contributed by atoms with Crippen LogP contribution in [0.15, 0.2) is 79.3 Å². The Morgan fingerprint density at radius 2 is 1.67 bits per heavy atom. The van der Waals surface area contributed by atoms with Gasteiger partial charge in [0.25, 0.3) is 5.91 Å². The van der Waals surface area contributed by atoms with Crippen LogP contribution in [0.4, 0.5) is 17.1 Å². The predicted octanol–water partition coefficient (Wildman–Crippen LogP) is 5.92. The quantitative estimate of drug-likeness (QED) is 0.449. The van der Waals surface area contributed by atoms with Gasteiger partial charge in [-0.05, 0) is 41.3 Å². The second-order valence-electron chi connectivity index (χ2n) is 8.25. The molecule has 0 aliphatic rings. The van der Waals surface area contributed by atoms with E-state index >= 15 is 0 Å². The number of carbonyl (C=O) groups is 1. The summed E-state index contributed by atoms with van der Waals surface area (Å²) in [5.74, 6) is -0.203. The standard InChI is InChI=1S/C25H24N4O/c1-25(2,3)19-9-11-20(12-10-19)29-24(30)18-14-21(16-26-15-18)28-22-8-4-6-17-7-5-13-27-23(17)22/h4-16,28H,1-3H3,(H,29,30). The van der Waals surface area contributed by atoms with Crippen molar-refractivity contribution in [2.24, 2.45) is 0 Å². The number of para-hydroxylation sites is 1. The summed E-state index contributed by atoms with van der Waals surface area (Å²) in [4.78, 5) is 21.4. The lowest BCUT2D eigenvalue weighted by atomic mass is 9.87. The normalized spacial score (nSPS) is 11.3. The molecule has 30 heavy (non-hydrogen) atoms. The Kier molecular flexibility index (Phi) is 5.19. The van der Waals surface area contributed by atoms with Crippen molar-refractivity contribution in [1.29, 1.82) is 0 Å². The number of nitrogens with zero attached hydrogens (tertiary/aromatic N) is 2. The Morgan fingerprint density at radius 3 is 2.43 bits per heavy atom. The predicted molar refractivity (Wildman–Crippen MR) is 122 cm³/mol. The Hall–Kier alpha value is -3.73. The molecular formula is C25H24N4O. The van der Waals surface area contributed by atoms with E-state index in [4.69, 9.17) is 0 Å². The number of hydrogen-bond donors (Lipinski definition) is 2. The first-order valence-corrected chi connectivity index (χ1v) is 9.88. The molecule has 2 heterocycles. The number of anilines is 3. The minimum absolute atomic E-state index is 0.0723. The van der Waals surface area contributed by atoms with Crippen LogP contribution in [-0.4, -0.2) is 15.9 Å². The third kappa shape index (κ3) is 4.30. The summed E-state index contributed by atoms with van der Waals surface area (Å²) in [5, 5.41) is 7.31. The van der Waals surface area contributed by atoms with Crippen LogP contribution in [0.1, 0.15) is 36.7 Å². The highest BCUT2D eigenvalue weighted by Crippen LogP contribution is 2.26. The van der Waals surface area contributed by atoms with Gasteiger partial charge in [0.05, 0.1) is 28.7 Å². The van der Waals surface area contributed by atoms with Crippen LogP contribution in [0, 0.1) is 0 Å². The highest BCUT2D eigenvalue weighted by atomic mass is 16.1. The van der Waals surface area contributed by atoms with Crippen molar-refractivity contribution < 1.29 is 4.79 Å². The maximum absolute atomic E-state index is 12.7. The average Bonchev–Trinajstić information content (AvgIpc) is 2.74. The van der Waals surface area contributed by atoms with Crippen LogP contribution in [0.2, 0.25) is 0 Å². The molecule has 0 saturated carbocycles. The summed E-state index contributed by atoms with van der Waals surface area (Å²) in [5.41, 5.74) is 4.99. The molecule has 0 fully saturated rings. The minimum atomic E-state index is -0.203. The number of amides is 1. The second-order valence-corrected chi connectivity index (χ2v) is 8.25. The molecule has 5 nitrogen and oxygen atoms in total. The van der Waals surface area contributed by atoms with Gasteiger partial charge in [-0.3, -0.25) is 14.8 Å². The maximum atomic E-state index is 12.7. The van der Waals surface area contributed by atoms with Crippen molar-refractivity contribution in [2.75, 3.05) is 10.6 Å². The van der Waals surface area contributed by atoms with Gasteiger partial charge in [-0.25, -0.2) is 0 Å². The van der Waals surface area contributed by atoms with Gasteiger partial charge in [-0.15, -0.1) is 0 Å². The topological polar surface area (TPSA) is 66.9 Å². The van der Waals surface area contributed by atoms with Gasteiger partial charge in [0.15, 0.2) is 0 Å². The molecule has 2 N–H and O–H groups in total. The Morgan fingerprint density at radius 1 is 0.900 bits per heavy atom. The van der Waals surface area contributed by atoms with Gasteiger partial charge in [-0.1, -0.05) is 51.1 Å². The zero-order valence-electron chi connectivity index (χ0n) is 17.3. The second kappa shape index (κ2) is 7.95. The number of fused-ring (bicyclic) bond motifs is 1. The van der Waals surface area contributed by atoms with E-state index in [9.17, 15) is 4.79 Å². The van der Waals surface area contributed by atoms with Crippen LogP contribution in [0.25, 0.3) is 10.9 Å². The van der Waals surface area contributed by atoms with Crippen LogP contribution >= 0.6 is 0 Å². The number of pyridine rings is 2. The number of hydrogen-bond acceptors (Lipinski definition) is 4. The fraction of sp³-hybridized carbons (Fsp3) is 0.160. The van der Waals surface area contributed by atoms with E-state index in [1.54, 1.807) is 24.7 Å². The zero-order chi connectivity index (χ0) is 21.1. The summed E-state index contributed by atoms with van der Waals surface area (Å²) in [6, 6.07) is 19.6. The van der Waals surface area contributed by atoms with Crippen molar-refractivity contribution >= 4 is 33.9 Å². The Labute approximate surface area is 176 Å². The fourth-order valence-electron chi connectivity index (χ4n) is 3.25. The molecule has 0 unspecified atom stereocenters. The van der Waals surface area contributed by atoms with E-state index in [0.717, 1.165) is 28.0 Å². The monoisotopic (exact) mass is 396 g/mol. The molecule has 2 aromatic heterocycles. The molecule has 0 aliphatic heterocycles. The van der Waals surface area contributed by atoms with Gasteiger partial charge >= 0.3 is 0 Å². The average molecular weight is 396 g/mol. The molecule has 4 aromatic rings. The Balaban J connectivity index is 1.52. The smallest absolute Gasteiger partial charge is 0.257 e. The molecule has 2 aromatic carbocycles. The van der Waals surface area contributed by atoms with Gasteiger partial charge in [0.2, 0.25) is 0 Å². The molecule has 0 radical (unpaired) electrons. The first-order chi connectivity index (χ1) is 14.4. The largest absolute Gasteiger partial charge is 0.352 e. The molecule has 0 saturated heterocycles. The third-order valence-electron chi connectivity index (χ3n) is 4.92. The number of nitrogens with one attached hydrogen (secondary N) is 2. The highest BCUT2D eigenvalue weighted by Gasteiger charge is 2.14. The number of rotatable bonds is 4. The lowest BCUT2D eigenvalue weighted by Gasteiger charge is -2.19. The Bertz CT molecular complexity index is 1190. The van der Waals surface area contributed by atoms with Gasteiger partial charge in [-0.2, -0.15) is 0 Å². The lowest BCUT2D eigenvalue weighted by molar-refractivity contribution is 0.102. The summed E-state index contributed by atoms with van der Waals surface area (Å²) in [7, 11) is 0. The molecule has 0 atom stereocenters. The minimum Gasteiger partial charge on any atom is -0.352 e. The third-order valence-corrected chi connectivity index (χ3v) is 4.92. The van der Waals surface area contributed by atoms with Crippen molar-refractivity contribution in [1.82, 2.24) is 9.97 Å². The number of aromatic nitrogens is 2. The highest BCUT2D eigenvalue weighted by molar-refractivity contribution is 6.04. The van der Waals surface area contributed by atoms with Crippen molar-refractivity contribution in [3.8, 4) is 0 Å². The molecule has 1 amide bonds. The van der Waals surface area contributed by atoms with Crippen LogP contribution in [0.3, 0.4) is 0 Å². The summed E-state index contributed by atoms with van der Waals surface area (Å²) in [6.45, 7) is 6.49. The molecule has 0 spiro atoms. The van der Waals surface area contributed by atoms with E-state index in [2.05, 4.69) is 41.4 Å². The summed E-state index contributed by atoms with van der Waals surface area (Å²) >= 11 is 0. The molecule has 0 bridgehead atoms. The molecule has 5 heteroatoms. The maximum Gasteiger partial charge on any atom is 0.257 e.